The fourth-order valence-electron chi connectivity index (χ4n) is 1.85. The molecule has 0 aliphatic heterocycles. The van der Waals surface area contributed by atoms with Crippen LogP contribution in [0.1, 0.15) is 38.5 Å². The number of hydrazine groups is 1. The van der Waals surface area contributed by atoms with Crippen LogP contribution in [0.5, 0.6) is 0 Å². The molecule has 13 heavy (non-hydrogen) atoms. The summed E-state index contributed by atoms with van der Waals surface area (Å²) in [5.74, 6) is 5.50. The van der Waals surface area contributed by atoms with Gasteiger partial charge in [0, 0.05) is 6.04 Å². The highest BCUT2D eigenvalue weighted by atomic mass is 15.2. The maximum Gasteiger partial charge on any atom is 0.0454 e. The quantitative estimate of drug-likeness (QED) is 0.396. The average Bonchev–Trinajstić information content (AvgIpc) is 2.42. The third-order valence-electron chi connectivity index (χ3n) is 2.63. The fraction of sp³-hybridized carbons (Fsp3) is 0.636. The first-order chi connectivity index (χ1) is 6.38. The summed E-state index contributed by atoms with van der Waals surface area (Å²) in [6.45, 7) is 3.74. The Morgan fingerprint density at radius 3 is 3.08 bits per heavy atom. The van der Waals surface area contributed by atoms with Gasteiger partial charge in [-0.1, -0.05) is 24.1 Å². The molecule has 0 amide bonds. The smallest absolute Gasteiger partial charge is 0.0454 e. The van der Waals surface area contributed by atoms with Gasteiger partial charge in [0.05, 0.1) is 0 Å². The van der Waals surface area contributed by atoms with E-state index < -0.39 is 0 Å². The van der Waals surface area contributed by atoms with E-state index in [9.17, 15) is 0 Å². The normalized spacial score (nSPS) is 20.2. The van der Waals surface area contributed by atoms with Crippen LogP contribution in [0.4, 0.5) is 0 Å². The summed E-state index contributed by atoms with van der Waals surface area (Å²) in [5.41, 5.74) is 4.33. The van der Waals surface area contributed by atoms with Crippen LogP contribution < -0.4 is 11.3 Å². The molecule has 0 fully saturated rings. The molecule has 1 aliphatic carbocycles. The second-order valence-electron chi connectivity index (χ2n) is 3.62. The van der Waals surface area contributed by atoms with E-state index in [1.54, 1.807) is 0 Å². The van der Waals surface area contributed by atoms with Crippen molar-refractivity contribution >= 4 is 0 Å². The summed E-state index contributed by atoms with van der Waals surface area (Å²) in [7, 11) is 0. The molecule has 1 unspecified atom stereocenters. The van der Waals surface area contributed by atoms with E-state index in [-0.39, 0.29) is 0 Å². The molecule has 74 valence electrons. The molecule has 0 heterocycles. The SMILES string of the molecule is C=CCC(NN)C1=CCCCCC1. The zero-order valence-electron chi connectivity index (χ0n) is 8.26. The number of nitrogens with two attached hydrogens (primary N) is 1. The predicted octanol–water partition coefficient (Wildman–Crippen LogP) is 2.28. The van der Waals surface area contributed by atoms with Crippen LogP contribution in [-0.2, 0) is 0 Å². The lowest BCUT2D eigenvalue weighted by molar-refractivity contribution is 0.572. The van der Waals surface area contributed by atoms with Crippen molar-refractivity contribution in [1.82, 2.24) is 5.43 Å². The molecule has 0 saturated carbocycles. The van der Waals surface area contributed by atoms with E-state index in [0.717, 1.165) is 6.42 Å². The van der Waals surface area contributed by atoms with Crippen molar-refractivity contribution in [2.75, 3.05) is 0 Å². The van der Waals surface area contributed by atoms with Gasteiger partial charge in [0.15, 0.2) is 0 Å². The minimum absolute atomic E-state index is 0.315. The Labute approximate surface area is 80.9 Å². The zero-order valence-corrected chi connectivity index (χ0v) is 8.26. The molecule has 0 bridgehead atoms. The Hall–Kier alpha value is -0.600. The molecule has 0 aromatic rings. The van der Waals surface area contributed by atoms with Crippen molar-refractivity contribution < 1.29 is 0 Å². The standard InChI is InChI=1S/C11H20N2/c1-2-7-11(13-12)10-8-5-3-4-6-9-10/h2,8,11,13H,1,3-7,9,12H2. The highest BCUT2D eigenvalue weighted by Gasteiger charge is 2.11. The second kappa shape index (κ2) is 5.95. The number of hydrogen-bond donors (Lipinski definition) is 2. The van der Waals surface area contributed by atoms with Crippen LogP contribution in [0, 0.1) is 0 Å². The molecule has 1 rings (SSSR count). The summed E-state index contributed by atoms with van der Waals surface area (Å²) >= 11 is 0. The summed E-state index contributed by atoms with van der Waals surface area (Å²) < 4.78 is 0. The molecule has 2 nitrogen and oxygen atoms in total. The van der Waals surface area contributed by atoms with Crippen molar-refractivity contribution in [2.24, 2.45) is 5.84 Å². The van der Waals surface area contributed by atoms with E-state index >= 15 is 0 Å². The fourth-order valence-corrected chi connectivity index (χ4v) is 1.85. The second-order valence-corrected chi connectivity index (χ2v) is 3.62. The van der Waals surface area contributed by atoms with Crippen molar-refractivity contribution in [2.45, 2.75) is 44.6 Å². The lowest BCUT2D eigenvalue weighted by atomic mass is 10.00. The van der Waals surface area contributed by atoms with Gasteiger partial charge in [-0.05, 0) is 32.1 Å². The Balaban J connectivity index is 2.53. The summed E-state index contributed by atoms with van der Waals surface area (Å²) in [4.78, 5) is 0. The molecule has 1 aliphatic rings. The van der Waals surface area contributed by atoms with Gasteiger partial charge in [-0.15, -0.1) is 6.58 Å². The van der Waals surface area contributed by atoms with Crippen LogP contribution in [0.3, 0.4) is 0 Å². The molecule has 0 spiro atoms. The summed E-state index contributed by atoms with van der Waals surface area (Å²) in [6.07, 6.45) is 11.6. The third-order valence-corrected chi connectivity index (χ3v) is 2.63. The Kier molecular flexibility index (Phi) is 4.79. The van der Waals surface area contributed by atoms with Crippen LogP contribution in [0.15, 0.2) is 24.3 Å². The number of allylic oxidation sites excluding steroid dienone is 1. The Morgan fingerprint density at radius 1 is 1.54 bits per heavy atom. The van der Waals surface area contributed by atoms with Crippen molar-refractivity contribution in [3.05, 3.63) is 24.3 Å². The molecular weight excluding hydrogens is 160 g/mol. The summed E-state index contributed by atoms with van der Waals surface area (Å²) in [5, 5.41) is 0. The van der Waals surface area contributed by atoms with E-state index in [1.165, 1.54) is 37.7 Å². The topological polar surface area (TPSA) is 38.0 Å². The molecule has 0 aromatic heterocycles. The van der Waals surface area contributed by atoms with E-state index in [2.05, 4.69) is 18.1 Å². The Morgan fingerprint density at radius 2 is 2.38 bits per heavy atom. The lowest BCUT2D eigenvalue weighted by Gasteiger charge is -2.17. The van der Waals surface area contributed by atoms with Crippen LogP contribution in [0.2, 0.25) is 0 Å². The maximum atomic E-state index is 5.50. The number of nitrogens with one attached hydrogen (secondary N) is 1. The molecule has 0 aromatic carbocycles. The van der Waals surface area contributed by atoms with Crippen molar-refractivity contribution in [1.29, 1.82) is 0 Å². The van der Waals surface area contributed by atoms with Gasteiger partial charge in [0.1, 0.15) is 0 Å². The first kappa shape index (κ1) is 10.5. The molecule has 2 heteroatoms. The largest absolute Gasteiger partial charge is 0.271 e. The lowest BCUT2D eigenvalue weighted by Crippen LogP contribution is -2.36. The van der Waals surface area contributed by atoms with Gasteiger partial charge in [-0.25, -0.2) is 0 Å². The Bertz CT molecular complexity index is 185. The first-order valence-electron chi connectivity index (χ1n) is 5.14. The highest BCUT2D eigenvalue weighted by molar-refractivity contribution is 5.13. The molecular formula is C11H20N2. The monoisotopic (exact) mass is 180 g/mol. The van der Waals surface area contributed by atoms with Crippen LogP contribution in [-0.4, -0.2) is 6.04 Å². The van der Waals surface area contributed by atoms with Gasteiger partial charge < -0.3 is 0 Å². The van der Waals surface area contributed by atoms with Gasteiger partial charge in [0.2, 0.25) is 0 Å². The minimum Gasteiger partial charge on any atom is -0.271 e. The van der Waals surface area contributed by atoms with E-state index in [4.69, 9.17) is 5.84 Å². The third kappa shape index (κ3) is 3.33. The molecule has 1 atom stereocenters. The van der Waals surface area contributed by atoms with Gasteiger partial charge in [-0.3, -0.25) is 11.3 Å². The van der Waals surface area contributed by atoms with Crippen molar-refractivity contribution in [3.63, 3.8) is 0 Å². The first-order valence-corrected chi connectivity index (χ1v) is 5.14. The number of rotatable bonds is 4. The number of hydrogen-bond acceptors (Lipinski definition) is 2. The maximum absolute atomic E-state index is 5.50. The molecule has 0 saturated heterocycles. The van der Waals surface area contributed by atoms with Gasteiger partial charge in [-0.2, -0.15) is 0 Å². The zero-order chi connectivity index (χ0) is 9.52. The highest BCUT2D eigenvalue weighted by Crippen LogP contribution is 2.21. The predicted molar refractivity (Wildman–Crippen MR) is 57.1 cm³/mol. The van der Waals surface area contributed by atoms with E-state index in [0.29, 0.717) is 6.04 Å². The van der Waals surface area contributed by atoms with E-state index in [1.807, 2.05) is 6.08 Å². The average molecular weight is 180 g/mol. The molecule has 0 radical (unpaired) electrons. The van der Waals surface area contributed by atoms with Crippen LogP contribution in [0.25, 0.3) is 0 Å². The summed E-state index contributed by atoms with van der Waals surface area (Å²) in [6, 6.07) is 0.315. The van der Waals surface area contributed by atoms with Crippen molar-refractivity contribution in [3.8, 4) is 0 Å². The van der Waals surface area contributed by atoms with Gasteiger partial charge >= 0.3 is 0 Å². The minimum atomic E-state index is 0.315. The van der Waals surface area contributed by atoms with Crippen LogP contribution >= 0.6 is 0 Å². The molecule has 3 N–H and O–H groups in total. The van der Waals surface area contributed by atoms with Gasteiger partial charge in [0.25, 0.3) is 0 Å².